The summed E-state index contributed by atoms with van der Waals surface area (Å²) in [5.41, 5.74) is 14.3. The second-order valence-corrected chi connectivity index (χ2v) is 36.6. The number of aromatic nitrogens is 1. The summed E-state index contributed by atoms with van der Waals surface area (Å²) in [6, 6.07) is 17.4. The molecule has 0 radical (unpaired) electrons. The number of fused-ring (bicyclic) bond motifs is 3. The molecule has 3 aliphatic heterocycles. The molecule has 15 amide bonds. The van der Waals surface area contributed by atoms with Gasteiger partial charge >= 0.3 is 5.97 Å². The first-order valence-corrected chi connectivity index (χ1v) is 47.0. The van der Waals surface area contributed by atoms with Crippen LogP contribution < -0.4 is 64.1 Å². The molecule has 1 aromatic heterocycles. The van der Waals surface area contributed by atoms with Crippen LogP contribution in [0.1, 0.15) is 112 Å². The van der Waals surface area contributed by atoms with Gasteiger partial charge in [-0.05, 0) is 120 Å². The van der Waals surface area contributed by atoms with Crippen LogP contribution in [0.15, 0.2) is 158 Å². The van der Waals surface area contributed by atoms with E-state index in [-0.39, 0.29) is 82.2 Å². The van der Waals surface area contributed by atoms with E-state index in [0.29, 0.717) is 69.1 Å². The molecule has 0 spiro atoms. The molecule has 0 aliphatic carbocycles. The molecular formula is C98H123F2N17O20S. The Kier molecular flexibility index (Phi) is 38.7. The number of carbonyl (C=O) groups excluding carboxylic acids is 15. The number of carboxylic acids is 1. The molecule has 3 saturated heterocycles. The summed E-state index contributed by atoms with van der Waals surface area (Å²) < 4.78 is 35.4. The zero-order valence-electron chi connectivity index (χ0n) is 78.2. The van der Waals surface area contributed by atoms with Crippen LogP contribution in [-0.4, -0.2) is 290 Å². The lowest BCUT2D eigenvalue weighted by molar-refractivity contribution is -0.152. The van der Waals surface area contributed by atoms with E-state index in [1.165, 1.54) is 57.4 Å². The first-order valence-electron chi connectivity index (χ1n) is 45.9. The minimum atomic E-state index is -1.95. The SMILES string of the molecule is CCCC[C@H]1C(=O)N2C[C@@H](C)C[C@@H]2C(=O)N[C@@H](CC(=O)O)C(=O)N[C@@H](C(C)C)C(=O)N(C)[C@@H](Cc2ccccc2)C(=O)N[C@@H](Cc2ccc(OC)cc2)C(=O)N2C[C@@H](O)C[C@@H]2C(=O)N[C@@H](Cc2c[nH]c3ccccc23)C(=O)N[C@@H](Cc2ccc(O)cc2)C(=O)N[C@@H](CCCN)C(=O)N[C@H](C(=O)NCC(N)=O)CSCC(=O)N[C@@H](Cc2ccc(F)c(F)c2)C(=O)N(C)[C@@H](Cc2ccccc2)C(=O)N1C. The number of aliphatic carboxylic acids is 1. The van der Waals surface area contributed by atoms with Crippen molar-refractivity contribution in [1.29, 1.82) is 0 Å². The van der Waals surface area contributed by atoms with Crippen LogP contribution in [0.25, 0.3) is 10.9 Å². The maximum atomic E-state index is 15.9. The summed E-state index contributed by atoms with van der Waals surface area (Å²) in [5.74, 6) is -20.9. The van der Waals surface area contributed by atoms with E-state index in [0.717, 1.165) is 37.8 Å². The maximum absolute atomic E-state index is 15.9. The predicted octanol–water partition coefficient (Wildman–Crippen LogP) is 1.88. The monoisotopic (exact) mass is 1930 g/mol. The first-order chi connectivity index (χ1) is 65.8. The Morgan fingerprint density at radius 2 is 1.05 bits per heavy atom. The van der Waals surface area contributed by atoms with Crippen molar-refractivity contribution in [3.05, 3.63) is 203 Å². The summed E-state index contributed by atoms with van der Waals surface area (Å²) in [4.78, 5) is 249. The van der Waals surface area contributed by atoms with Crippen LogP contribution in [0.3, 0.4) is 0 Å². The number of nitrogens with two attached hydrogens (primary N) is 2. The molecule has 15 atom stereocenters. The average Bonchev–Trinajstić information content (AvgIpc) is 1.65. The number of para-hydroxylation sites is 1. The molecular weight excluding hydrogens is 1810 g/mol. The molecule has 740 valence electrons. The number of methoxy groups -OCH3 is 1. The summed E-state index contributed by atoms with van der Waals surface area (Å²) in [7, 11) is 5.30. The van der Waals surface area contributed by atoms with Crippen molar-refractivity contribution >= 4 is 117 Å². The number of H-pyrrole nitrogens is 1. The molecule has 138 heavy (non-hydrogen) atoms. The number of ether oxygens (including phenoxy) is 1. The van der Waals surface area contributed by atoms with Gasteiger partial charge < -0.3 is 109 Å². The minimum absolute atomic E-state index is 0.0126. The number of carboxylic acid groups (broad SMARTS) is 1. The third kappa shape index (κ3) is 29.1. The Bertz CT molecular complexity index is 5490. The lowest BCUT2D eigenvalue weighted by Crippen LogP contribution is -2.62. The minimum Gasteiger partial charge on any atom is -0.508 e. The van der Waals surface area contributed by atoms with E-state index < -0.39 is 247 Å². The van der Waals surface area contributed by atoms with Crippen LogP contribution in [0.2, 0.25) is 0 Å². The number of unbranched alkanes of at least 4 members (excludes halogenated alkanes) is 1. The van der Waals surface area contributed by atoms with Crippen LogP contribution in [0.5, 0.6) is 11.5 Å². The van der Waals surface area contributed by atoms with Crippen molar-refractivity contribution in [3.8, 4) is 11.5 Å². The van der Waals surface area contributed by atoms with Gasteiger partial charge in [0.25, 0.3) is 0 Å². The smallest absolute Gasteiger partial charge is 0.305 e. The van der Waals surface area contributed by atoms with Gasteiger partial charge in [0.1, 0.15) is 90.0 Å². The lowest BCUT2D eigenvalue weighted by atomic mass is 9.98. The molecule has 7 aromatic rings. The van der Waals surface area contributed by atoms with E-state index in [2.05, 4.69) is 52.8 Å². The van der Waals surface area contributed by atoms with Gasteiger partial charge in [-0.15, -0.1) is 11.8 Å². The highest BCUT2D eigenvalue weighted by Gasteiger charge is 2.48. The number of hydrogen-bond donors (Lipinski definition) is 15. The number of aliphatic hydroxyl groups is 1. The van der Waals surface area contributed by atoms with Crippen molar-refractivity contribution in [2.75, 3.05) is 65.9 Å². The van der Waals surface area contributed by atoms with Crippen LogP contribution >= 0.6 is 11.8 Å². The molecule has 0 saturated carbocycles. The van der Waals surface area contributed by atoms with Gasteiger partial charge in [0.05, 0.1) is 31.9 Å². The third-order valence-corrected chi connectivity index (χ3v) is 25.9. The van der Waals surface area contributed by atoms with Crippen LogP contribution in [0.4, 0.5) is 8.78 Å². The Balaban J connectivity index is 1.07. The number of aliphatic hydroxyl groups excluding tert-OH is 1. The second-order valence-electron chi connectivity index (χ2n) is 35.5. The van der Waals surface area contributed by atoms with Crippen LogP contribution in [-0.2, 0) is 115 Å². The highest BCUT2D eigenvalue weighted by Crippen LogP contribution is 2.30. The number of aromatic hydroxyl groups is 1. The molecule has 4 heterocycles. The second kappa shape index (κ2) is 50.3. The summed E-state index contributed by atoms with van der Waals surface area (Å²) in [6.07, 6.45) is -2.84. The first kappa shape index (κ1) is 106. The summed E-state index contributed by atoms with van der Waals surface area (Å²) in [5, 5.41) is 57.1. The van der Waals surface area contributed by atoms with E-state index in [1.54, 1.807) is 136 Å². The van der Waals surface area contributed by atoms with Gasteiger partial charge in [-0.1, -0.05) is 150 Å². The molecule has 0 bridgehead atoms. The number of hydrogen-bond acceptors (Lipinski definition) is 21. The van der Waals surface area contributed by atoms with Gasteiger partial charge in [0, 0.05) is 102 Å². The molecule has 17 N–H and O–H groups in total. The number of aromatic amines is 1. The third-order valence-electron chi connectivity index (χ3n) is 24.8. The van der Waals surface area contributed by atoms with E-state index >= 15 is 61.9 Å². The number of nitrogens with one attached hydrogen (secondary N) is 10. The van der Waals surface area contributed by atoms with Crippen LogP contribution in [0, 0.1) is 23.5 Å². The standard InChI is InChI=1S/C98H123F2N17O20S/c1-9-10-27-77-97(135)116-51-56(4)39-79(116)92(130)109-73(48-84(122)123)90(128)112-85(55(2)3)98(136)114(6)78(44-57-20-13-11-14-21-57)91(129)110-75(42-60-30-35-65(137-8)36-31-60)95(133)117-52-64(119)47-80(117)93(131)108-72(46-62-49-103-69-25-18-17-24-66(62)69)89(127)107-71(41-59-28-33-63(118)34-29-59)88(126)106-70(26-19-38-101)87(125)111-76(86(124)104-50-82(102)120)53-138-54-83(121)105-74(43-61-32-37-67(99)68(100)40-61)94(132)115(7)81(96(134)113(77)5)45-58-22-15-12-16-23-58/h11-18,20-25,28-37,40,49,55-56,64,70-81,85,103,118-119H,9-10,19,26-27,38-39,41-48,50-54,101H2,1-8H3,(H2,102,120)(H,104,124)(H,105,121)(H,106,126)(H,107,127)(H,108,131)(H,109,130)(H,110,129)(H,111,125)(H,112,128)(H,122,123)/t56-,64-,70-,71-,72-,73-,74-,75-,76-,77-,78-,79+,80+,81-,85-/m0/s1. The number of phenols is 1. The predicted molar refractivity (Wildman–Crippen MR) is 506 cm³/mol. The van der Waals surface area contributed by atoms with Crippen molar-refractivity contribution in [2.24, 2.45) is 23.3 Å². The van der Waals surface area contributed by atoms with E-state index in [4.69, 9.17) is 16.2 Å². The molecule has 40 heteroatoms. The Labute approximate surface area is 801 Å². The number of nitrogens with zero attached hydrogens (tertiary/aromatic N) is 5. The number of phenolic OH excluding ortho intramolecular Hbond substituents is 1. The number of halogens is 2. The fourth-order valence-corrected chi connectivity index (χ4v) is 18.1. The molecule has 6 aromatic carbocycles. The number of thioether (sulfide) groups is 1. The highest BCUT2D eigenvalue weighted by molar-refractivity contribution is 8.00. The zero-order valence-corrected chi connectivity index (χ0v) is 79.0. The molecule has 3 aliphatic rings. The average molecular weight is 1930 g/mol. The van der Waals surface area contributed by atoms with Gasteiger partial charge in [0.2, 0.25) is 88.6 Å². The zero-order chi connectivity index (χ0) is 100. The van der Waals surface area contributed by atoms with Gasteiger partial charge in [-0.3, -0.25) is 76.7 Å². The Morgan fingerprint density at radius 1 is 0.529 bits per heavy atom. The summed E-state index contributed by atoms with van der Waals surface area (Å²) in [6.45, 7) is 5.25. The van der Waals surface area contributed by atoms with E-state index in [1.807, 2.05) is 6.92 Å². The van der Waals surface area contributed by atoms with Crippen molar-refractivity contribution < 1.29 is 106 Å². The number of benzene rings is 6. The topological polar surface area (TPSA) is 535 Å². The quantitative estimate of drug-likeness (QED) is 0.0388. The van der Waals surface area contributed by atoms with Gasteiger partial charge in [-0.2, -0.15) is 0 Å². The van der Waals surface area contributed by atoms with E-state index in [9.17, 15) is 38.9 Å². The number of rotatable bonds is 25. The number of amides is 15. The Morgan fingerprint density at radius 3 is 1.67 bits per heavy atom. The van der Waals surface area contributed by atoms with Gasteiger partial charge in [-0.25, -0.2) is 8.78 Å². The molecule has 37 nitrogen and oxygen atoms in total. The molecule has 10 rings (SSSR count). The highest BCUT2D eigenvalue weighted by atomic mass is 32.2. The number of primary amides is 1. The lowest BCUT2D eigenvalue weighted by Gasteiger charge is -2.38. The Hall–Kier alpha value is -13.9. The largest absolute Gasteiger partial charge is 0.508 e. The van der Waals surface area contributed by atoms with Crippen molar-refractivity contribution in [1.82, 2.24) is 77.3 Å². The van der Waals surface area contributed by atoms with Gasteiger partial charge in [0.15, 0.2) is 11.6 Å². The summed E-state index contributed by atoms with van der Waals surface area (Å²) >= 11 is 0.711. The maximum Gasteiger partial charge on any atom is 0.305 e. The number of carbonyl (C=O) groups is 16. The van der Waals surface area contributed by atoms with Crippen molar-refractivity contribution in [2.45, 2.75) is 202 Å². The van der Waals surface area contributed by atoms with Crippen molar-refractivity contribution in [3.63, 3.8) is 0 Å². The normalized spacial score (nSPS) is 24.2. The molecule has 0 unspecified atom stereocenters. The fraction of sp³-hybridized carbons (Fsp3) is 0.449. The fourth-order valence-electron chi connectivity index (χ4n) is 17.2. The number of likely N-dealkylation sites (N-methyl/N-ethyl adjacent to an activating group) is 3. The molecule has 3 fully saturated rings.